The summed E-state index contributed by atoms with van der Waals surface area (Å²) in [6.07, 6.45) is 6.60. The standard InChI is InChI=1S/C14H18Cl2N2O/c1-9-5-3-4-6-10(9)8-19-14-12(16)7-11(15)13(17-2)18-14/h3-4,7,9-10H,5-6,8H2,1-2H3,(H,17,18). The average Bonchev–Trinajstić information content (AvgIpc) is 2.39. The zero-order valence-corrected chi connectivity index (χ0v) is 12.6. The van der Waals surface area contributed by atoms with Gasteiger partial charge in [-0.15, -0.1) is 0 Å². The number of nitrogens with zero attached hydrogens (tertiary/aromatic N) is 1. The van der Waals surface area contributed by atoms with E-state index in [-0.39, 0.29) is 0 Å². The minimum atomic E-state index is 0.442. The maximum absolute atomic E-state index is 6.10. The molecule has 2 rings (SSSR count). The second-order valence-corrected chi connectivity index (χ2v) is 5.66. The van der Waals surface area contributed by atoms with E-state index < -0.39 is 0 Å². The first-order chi connectivity index (χ1) is 9.11. The molecule has 1 heterocycles. The monoisotopic (exact) mass is 300 g/mol. The lowest BCUT2D eigenvalue weighted by Gasteiger charge is -2.25. The van der Waals surface area contributed by atoms with Gasteiger partial charge in [-0.3, -0.25) is 0 Å². The maximum Gasteiger partial charge on any atom is 0.234 e. The SMILES string of the molecule is CNc1nc(OCC2CC=CCC2C)c(Cl)cc1Cl. The van der Waals surface area contributed by atoms with Crippen molar-refractivity contribution >= 4 is 29.0 Å². The summed E-state index contributed by atoms with van der Waals surface area (Å²) in [7, 11) is 1.76. The van der Waals surface area contributed by atoms with Crippen molar-refractivity contribution in [3.05, 3.63) is 28.3 Å². The first kappa shape index (κ1) is 14.5. The molecule has 1 aliphatic rings. The predicted molar refractivity (Wildman–Crippen MR) is 80.3 cm³/mol. The van der Waals surface area contributed by atoms with Crippen LogP contribution in [0.25, 0.3) is 0 Å². The van der Waals surface area contributed by atoms with Crippen LogP contribution in [0.4, 0.5) is 5.82 Å². The van der Waals surface area contributed by atoms with E-state index in [0.29, 0.717) is 40.2 Å². The van der Waals surface area contributed by atoms with Crippen LogP contribution in [0.3, 0.4) is 0 Å². The number of hydrogen-bond acceptors (Lipinski definition) is 3. The van der Waals surface area contributed by atoms with E-state index >= 15 is 0 Å². The lowest BCUT2D eigenvalue weighted by atomic mass is 9.85. The third kappa shape index (κ3) is 3.54. The van der Waals surface area contributed by atoms with Crippen LogP contribution < -0.4 is 10.1 Å². The van der Waals surface area contributed by atoms with Crippen molar-refractivity contribution in [3.8, 4) is 5.88 Å². The quantitative estimate of drug-likeness (QED) is 0.836. The Morgan fingerprint density at radius 1 is 1.32 bits per heavy atom. The van der Waals surface area contributed by atoms with Crippen molar-refractivity contribution in [3.63, 3.8) is 0 Å². The number of aromatic nitrogens is 1. The van der Waals surface area contributed by atoms with Gasteiger partial charge in [-0.2, -0.15) is 4.98 Å². The smallest absolute Gasteiger partial charge is 0.234 e. The van der Waals surface area contributed by atoms with Gasteiger partial charge in [0.2, 0.25) is 5.88 Å². The van der Waals surface area contributed by atoms with Gasteiger partial charge < -0.3 is 10.1 Å². The average molecular weight is 301 g/mol. The zero-order chi connectivity index (χ0) is 13.8. The van der Waals surface area contributed by atoms with Crippen LogP contribution in [0.5, 0.6) is 5.88 Å². The molecule has 0 aliphatic heterocycles. The first-order valence-electron chi connectivity index (χ1n) is 6.43. The van der Waals surface area contributed by atoms with E-state index in [1.54, 1.807) is 13.1 Å². The van der Waals surface area contributed by atoms with Crippen LogP contribution in [0.1, 0.15) is 19.8 Å². The Balaban J connectivity index is 2.05. The van der Waals surface area contributed by atoms with Crippen molar-refractivity contribution < 1.29 is 4.74 Å². The molecule has 0 bridgehead atoms. The van der Waals surface area contributed by atoms with Crippen LogP contribution in [-0.4, -0.2) is 18.6 Å². The summed E-state index contributed by atoms with van der Waals surface area (Å²) in [5, 5.41) is 3.86. The molecule has 1 aromatic heterocycles. The molecule has 0 radical (unpaired) electrons. The molecule has 3 nitrogen and oxygen atoms in total. The highest BCUT2D eigenvalue weighted by atomic mass is 35.5. The number of pyridine rings is 1. The van der Waals surface area contributed by atoms with Gasteiger partial charge in [0.15, 0.2) is 0 Å². The lowest BCUT2D eigenvalue weighted by Crippen LogP contribution is -2.21. The van der Waals surface area contributed by atoms with E-state index in [2.05, 4.69) is 29.4 Å². The van der Waals surface area contributed by atoms with Crippen molar-refractivity contribution in [2.75, 3.05) is 19.0 Å². The van der Waals surface area contributed by atoms with Gasteiger partial charge in [-0.25, -0.2) is 0 Å². The highest BCUT2D eigenvalue weighted by Crippen LogP contribution is 2.32. The Labute approximate surface area is 124 Å². The highest BCUT2D eigenvalue weighted by molar-refractivity contribution is 6.36. The van der Waals surface area contributed by atoms with Gasteiger partial charge in [0, 0.05) is 7.05 Å². The molecule has 19 heavy (non-hydrogen) atoms. The van der Waals surface area contributed by atoms with Crippen LogP contribution in [-0.2, 0) is 0 Å². The van der Waals surface area contributed by atoms with Gasteiger partial charge in [0.1, 0.15) is 10.8 Å². The second-order valence-electron chi connectivity index (χ2n) is 4.85. The van der Waals surface area contributed by atoms with E-state index in [1.165, 1.54) is 0 Å². The molecule has 1 aromatic rings. The molecule has 1 N–H and O–H groups in total. The summed E-state index contributed by atoms with van der Waals surface area (Å²) in [5.41, 5.74) is 0. The predicted octanol–water partition coefficient (Wildman–Crippen LogP) is 4.41. The van der Waals surface area contributed by atoms with Crippen LogP contribution in [0.2, 0.25) is 10.0 Å². The summed E-state index contributed by atoms with van der Waals surface area (Å²) in [4.78, 5) is 4.28. The summed E-state index contributed by atoms with van der Waals surface area (Å²) >= 11 is 12.1. The third-order valence-corrected chi connectivity index (χ3v) is 4.05. The molecular weight excluding hydrogens is 283 g/mol. The van der Waals surface area contributed by atoms with Gasteiger partial charge in [-0.05, 0) is 30.7 Å². The molecule has 104 valence electrons. The molecule has 0 amide bonds. The molecule has 2 atom stereocenters. The van der Waals surface area contributed by atoms with Crippen LogP contribution in [0.15, 0.2) is 18.2 Å². The Morgan fingerprint density at radius 3 is 2.74 bits per heavy atom. The number of hydrogen-bond donors (Lipinski definition) is 1. The maximum atomic E-state index is 6.10. The fourth-order valence-electron chi connectivity index (χ4n) is 2.15. The molecule has 1 aliphatic carbocycles. The van der Waals surface area contributed by atoms with E-state index in [1.807, 2.05) is 0 Å². The molecule has 0 saturated heterocycles. The number of halogens is 2. The molecule has 2 unspecified atom stereocenters. The lowest BCUT2D eigenvalue weighted by molar-refractivity contribution is 0.193. The third-order valence-electron chi connectivity index (χ3n) is 3.49. The highest BCUT2D eigenvalue weighted by Gasteiger charge is 2.20. The summed E-state index contributed by atoms with van der Waals surface area (Å²) in [6, 6.07) is 1.65. The van der Waals surface area contributed by atoms with E-state index in [0.717, 1.165) is 12.8 Å². The summed E-state index contributed by atoms with van der Waals surface area (Å²) in [5.74, 6) is 2.16. The number of anilines is 1. The molecular formula is C14H18Cl2N2O. The van der Waals surface area contributed by atoms with Crippen molar-refractivity contribution in [1.29, 1.82) is 0 Å². The fourth-order valence-corrected chi connectivity index (χ4v) is 2.66. The number of ether oxygens (including phenoxy) is 1. The molecule has 5 heteroatoms. The van der Waals surface area contributed by atoms with Crippen molar-refractivity contribution in [1.82, 2.24) is 4.98 Å². The zero-order valence-electron chi connectivity index (χ0n) is 11.1. The van der Waals surface area contributed by atoms with Crippen LogP contribution >= 0.6 is 23.2 Å². The molecule has 0 aromatic carbocycles. The number of allylic oxidation sites excluding steroid dienone is 2. The van der Waals surface area contributed by atoms with Gasteiger partial charge in [0.05, 0.1) is 11.6 Å². The minimum absolute atomic E-state index is 0.442. The number of nitrogens with one attached hydrogen (secondary N) is 1. The largest absolute Gasteiger partial charge is 0.476 e. The van der Waals surface area contributed by atoms with Gasteiger partial charge in [0.25, 0.3) is 0 Å². The second kappa shape index (κ2) is 6.49. The topological polar surface area (TPSA) is 34.2 Å². The molecule has 0 fully saturated rings. The Morgan fingerprint density at radius 2 is 2.05 bits per heavy atom. The van der Waals surface area contributed by atoms with Gasteiger partial charge >= 0.3 is 0 Å². The van der Waals surface area contributed by atoms with Crippen molar-refractivity contribution in [2.45, 2.75) is 19.8 Å². The Hall–Kier alpha value is -0.930. The Bertz CT molecular complexity index is 477. The summed E-state index contributed by atoms with van der Waals surface area (Å²) < 4.78 is 5.77. The van der Waals surface area contributed by atoms with Gasteiger partial charge in [-0.1, -0.05) is 42.3 Å². The fraction of sp³-hybridized carbons (Fsp3) is 0.500. The molecule has 0 spiro atoms. The Kier molecular flexibility index (Phi) is 4.94. The minimum Gasteiger partial charge on any atom is -0.476 e. The van der Waals surface area contributed by atoms with Crippen molar-refractivity contribution in [2.24, 2.45) is 11.8 Å². The van der Waals surface area contributed by atoms with Crippen LogP contribution in [0, 0.1) is 11.8 Å². The summed E-state index contributed by atoms with van der Waals surface area (Å²) in [6.45, 7) is 2.87. The number of rotatable bonds is 4. The molecule has 0 saturated carbocycles. The van der Waals surface area contributed by atoms with E-state index in [4.69, 9.17) is 27.9 Å². The van der Waals surface area contributed by atoms with E-state index in [9.17, 15) is 0 Å². The first-order valence-corrected chi connectivity index (χ1v) is 7.19. The normalized spacial score (nSPS) is 22.3.